The summed E-state index contributed by atoms with van der Waals surface area (Å²) >= 11 is 0. The molecule has 0 atom stereocenters. The monoisotopic (exact) mass is 335 g/mol. The highest BCUT2D eigenvalue weighted by Gasteiger charge is 2.04. The van der Waals surface area contributed by atoms with Crippen LogP contribution in [0.3, 0.4) is 0 Å². The number of aromatic nitrogens is 2. The zero-order valence-electron chi connectivity index (χ0n) is 14.4. The summed E-state index contributed by atoms with van der Waals surface area (Å²) in [7, 11) is 0. The summed E-state index contributed by atoms with van der Waals surface area (Å²) in [5, 5.41) is 2.86. The number of carbonyl (C=O) groups is 1. The van der Waals surface area contributed by atoms with Crippen molar-refractivity contribution in [2.24, 2.45) is 0 Å². The van der Waals surface area contributed by atoms with E-state index in [2.05, 4.69) is 10.3 Å². The largest absolute Gasteiger partial charge is 0.494 e. The van der Waals surface area contributed by atoms with Gasteiger partial charge in [-0.25, -0.2) is 4.98 Å². The standard InChI is InChI=1S/C20H21N3O2/c1-3-25-18-10-7-16(8-11-18)9-12-20(24)21-13-17-14-23-15(2)5-4-6-19(23)22-17/h4-12,14H,3,13H2,1-2H3,(H,21,24)/b12-9+. The first kappa shape index (κ1) is 16.8. The molecule has 1 aromatic carbocycles. The quantitative estimate of drug-likeness (QED) is 0.703. The molecule has 5 nitrogen and oxygen atoms in total. The molecule has 3 aromatic rings. The molecule has 0 saturated carbocycles. The van der Waals surface area contributed by atoms with Crippen molar-refractivity contribution >= 4 is 17.6 Å². The predicted octanol–water partition coefficient (Wildman–Crippen LogP) is 3.37. The Balaban J connectivity index is 1.57. The Morgan fingerprint density at radius 1 is 1.24 bits per heavy atom. The van der Waals surface area contributed by atoms with Gasteiger partial charge < -0.3 is 14.5 Å². The molecular weight excluding hydrogens is 314 g/mol. The molecule has 0 spiro atoms. The van der Waals surface area contributed by atoms with Gasteiger partial charge in [0.2, 0.25) is 5.91 Å². The summed E-state index contributed by atoms with van der Waals surface area (Å²) in [6.45, 7) is 5.01. The van der Waals surface area contributed by atoms with Crippen molar-refractivity contribution in [3.8, 4) is 5.75 Å². The molecular formula is C20H21N3O2. The fourth-order valence-corrected chi connectivity index (χ4v) is 2.53. The summed E-state index contributed by atoms with van der Waals surface area (Å²) in [5.41, 5.74) is 3.77. The number of hydrogen-bond donors (Lipinski definition) is 1. The minimum absolute atomic E-state index is 0.150. The maximum Gasteiger partial charge on any atom is 0.244 e. The first-order valence-corrected chi connectivity index (χ1v) is 8.28. The fourth-order valence-electron chi connectivity index (χ4n) is 2.53. The van der Waals surface area contributed by atoms with Gasteiger partial charge in [0.05, 0.1) is 18.8 Å². The van der Waals surface area contributed by atoms with E-state index in [0.29, 0.717) is 13.2 Å². The lowest BCUT2D eigenvalue weighted by Gasteiger charge is -2.02. The highest BCUT2D eigenvalue weighted by atomic mass is 16.5. The Morgan fingerprint density at radius 3 is 2.76 bits per heavy atom. The number of carbonyl (C=O) groups excluding carboxylic acids is 1. The van der Waals surface area contributed by atoms with Gasteiger partial charge in [-0.05, 0) is 49.8 Å². The van der Waals surface area contributed by atoms with E-state index < -0.39 is 0 Å². The third-order valence-electron chi connectivity index (χ3n) is 3.81. The molecule has 25 heavy (non-hydrogen) atoms. The molecule has 0 aliphatic heterocycles. The maximum atomic E-state index is 12.0. The number of rotatable bonds is 6. The van der Waals surface area contributed by atoms with Gasteiger partial charge >= 0.3 is 0 Å². The van der Waals surface area contributed by atoms with Crippen molar-refractivity contribution < 1.29 is 9.53 Å². The fraction of sp³-hybridized carbons (Fsp3) is 0.200. The van der Waals surface area contributed by atoms with Crippen LogP contribution in [0, 0.1) is 6.92 Å². The lowest BCUT2D eigenvalue weighted by Crippen LogP contribution is -2.20. The van der Waals surface area contributed by atoms with Gasteiger partial charge in [-0.3, -0.25) is 4.79 Å². The highest BCUT2D eigenvalue weighted by Crippen LogP contribution is 2.13. The molecule has 1 amide bonds. The summed E-state index contributed by atoms with van der Waals surface area (Å²) in [5.74, 6) is 0.675. The Kier molecular flexibility index (Phi) is 5.14. The lowest BCUT2D eigenvalue weighted by molar-refractivity contribution is -0.116. The smallest absolute Gasteiger partial charge is 0.244 e. The Bertz CT molecular complexity index is 895. The molecule has 3 rings (SSSR count). The topological polar surface area (TPSA) is 55.6 Å². The molecule has 0 aliphatic carbocycles. The lowest BCUT2D eigenvalue weighted by atomic mass is 10.2. The predicted molar refractivity (Wildman–Crippen MR) is 98.4 cm³/mol. The second kappa shape index (κ2) is 7.66. The van der Waals surface area contributed by atoms with Gasteiger partial charge in [0.1, 0.15) is 11.4 Å². The molecule has 0 saturated heterocycles. The van der Waals surface area contributed by atoms with E-state index in [9.17, 15) is 4.79 Å². The SMILES string of the molecule is CCOc1ccc(/C=C/C(=O)NCc2cn3c(C)cccc3n2)cc1. The number of aryl methyl sites for hydroxylation is 1. The first-order valence-electron chi connectivity index (χ1n) is 8.28. The number of ether oxygens (including phenoxy) is 1. The second-order valence-corrected chi connectivity index (χ2v) is 5.68. The molecule has 128 valence electrons. The van der Waals surface area contributed by atoms with Crippen molar-refractivity contribution in [2.75, 3.05) is 6.61 Å². The van der Waals surface area contributed by atoms with E-state index in [1.165, 1.54) is 6.08 Å². The number of fused-ring (bicyclic) bond motifs is 1. The molecule has 5 heteroatoms. The number of hydrogen-bond acceptors (Lipinski definition) is 3. The average Bonchev–Trinajstić information content (AvgIpc) is 3.04. The van der Waals surface area contributed by atoms with E-state index in [1.54, 1.807) is 6.08 Å². The third kappa shape index (κ3) is 4.26. The molecule has 0 radical (unpaired) electrons. The normalized spacial score (nSPS) is 11.1. The number of benzene rings is 1. The number of amides is 1. The van der Waals surface area contributed by atoms with Crippen molar-refractivity contribution in [1.82, 2.24) is 14.7 Å². The van der Waals surface area contributed by atoms with Gasteiger partial charge in [-0.15, -0.1) is 0 Å². The van der Waals surface area contributed by atoms with E-state index in [4.69, 9.17) is 4.74 Å². The molecule has 2 heterocycles. The minimum atomic E-state index is -0.150. The Labute approximate surface area is 147 Å². The molecule has 0 fully saturated rings. The van der Waals surface area contributed by atoms with Crippen molar-refractivity contribution in [3.63, 3.8) is 0 Å². The minimum Gasteiger partial charge on any atom is -0.494 e. The van der Waals surface area contributed by atoms with Crippen molar-refractivity contribution in [1.29, 1.82) is 0 Å². The second-order valence-electron chi connectivity index (χ2n) is 5.68. The molecule has 0 bridgehead atoms. The summed E-state index contributed by atoms with van der Waals surface area (Å²) in [6, 6.07) is 13.6. The number of nitrogens with one attached hydrogen (secondary N) is 1. The number of pyridine rings is 1. The van der Waals surface area contributed by atoms with Crippen LogP contribution in [-0.4, -0.2) is 21.9 Å². The first-order chi connectivity index (χ1) is 12.2. The summed E-state index contributed by atoms with van der Waals surface area (Å²) in [4.78, 5) is 16.5. The van der Waals surface area contributed by atoms with Gasteiger partial charge in [0.15, 0.2) is 0 Å². The van der Waals surface area contributed by atoms with Gasteiger partial charge in [-0.2, -0.15) is 0 Å². The number of nitrogens with zero attached hydrogens (tertiary/aromatic N) is 2. The Hall–Kier alpha value is -3.08. The van der Waals surface area contributed by atoms with Gasteiger partial charge in [0.25, 0.3) is 0 Å². The van der Waals surface area contributed by atoms with Crippen LogP contribution in [-0.2, 0) is 11.3 Å². The summed E-state index contributed by atoms with van der Waals surface area (Å²) < 4.78 is 7.41. The average molecular weight is 335 g/mol. The third-order valence-corrected chi connectivity index (χ3v) is 3.81. The maximum absolute atomic E-state index is 12.0. The van der Waals surface area contributed by atoms with E-state index >= 15 is 0 Å². The molecule has 0 aliphatic rings. The van der Waals surface area contributed by atoms with Crippen LogP contribution in [0.25, 0.3) is 11.7 Å². The van der Waals surface area contributed by atoms with Crippen molar-refractivity contribution in [2.45, 2.75) is 20.4 Å². The van der Waals surface area contributed by atoms with Crippen LogP contribution in [0.15, 0.2) is 54.7 Å². The van der Waals surface area contributed by atoms with Gasteiger partial charge in [-0.1, -0.05) is 18.2 Å². The van der Waals surface area contributed by atoms with Crippen LogP contribution >= 0.6 is 0 Å². The van der Waals surface area contributed by atoms with Crippen LogP contribution in [0.4, 0.5) is 0 Å². The molecule has 0 unspecified atom stereocenters. The van der Waals surface area contributed by atoms with Crippen LogP contribution in [0.2, 0.25) is 0 Å². The van der Waals surface area contributed by atoms with Crippen LogP contribution in [0.5, 0.6) is 5.75 Å². The molecule has 2 aromatic heterocycles. The van der Waals surface area contributed by atoms with Crippen LogP contribution in [0.1, 0.15) is 23.9 Å². The zero-order chi connectivity index (χ0) is 17.6. The summed E-state index contributed by atoms with van der Waals surface area (Å²) in [6.07, 6.45) is 5.25. The van der Waals surface area contributed by atoms with E-state index in [0.717, 1.165) is 28.3 Å². The Morgan fingerprint density at radius 2 is 2.04 bits per heavy atom. The molecule has 1 N–H and O–H groups in total. The van der Waals surface area contributed by atoms with Crippen LogP contribution < -0.4 is 10.1 Å². The van der Waals surface area contributed by atoms with E-state index in [-0.39, 0.29) is 5.91 Å². The number of imidazole rings is 1. The van der Waals surface area contributed by atoms with Gasteiger partial charge in [0, 0.05) is 18.0 Å². The highest BCUT2D eigenvalue weighted by molar-refractivity contribution is 5.91. The van der Waals surface area contributed by atoms with E-state index in [1.807, 2.05) is 66.9 Å². The zero-order valence-corrected chi connectivity index (χ0v) is 14.4. The van der Waals surface area contributed by atoms with Crippen molar-refractivity contribution in [3.05, 3.63) is 71.7 Å².